The Morgan fingerprint density at radius 2 is 1.83 bits per heavy atom. The lowest BCUT2D eigenvalue weighted by molar-refractivity contribution is 0.557. The Kier molecular flexibility index (Phi) is 4.65. The van der Waals surface area contributed by atoms with Gasteiger partial charge in [-0.3, -0.25) is 9.36 Å². The molecule has 0 bridgehead atoms. The molecule has 0 aromatic carbocycles. The molecule has 0 radical (unpaired) electrons. The van der Waals surface area contributed by atoms with Gasteiger partial charge in [0.05, 0.1) is 0 Å². The van der Waals surface area contributed by atoms with Crippen LogP contribution in [0.5, 0.6) is 0 Å². The van der Waals surface area contributed by atoms with Crippen molar-refractivity contribution >= 4 is 21.4 Å². The van der Waals surface area contributed by atoms with E-state index in [0.717, 1.165) is 30.6 Å². The smallest absolute Gasteiger partial charge is 0.302 e. The average molecular weight is 357 g/mol. The van der Waals surface area contributed by atoms with Crippen LogP contribution in [0.1, 0.15) is 28.3 Å². The van der Waals surface area contributed by atoms with Crippen molar-refractivity contribution in [1.82, 2.24) is 13.9 Å². The maximum absolute atomic E-state index is 12.5. The third-order valence-electron chi connectivity index (χ3n) is 3.58. The van der Waals surface area contributed by atoms with E-state index in [2.05, 4.69) is 4.72 Å². The van der Waals surface area contributed by atoms with Crippen molar-refractivity contribution in [3.05, 3.63) is 48.4 Å². The second-order valence-corrected chi connectivity index (χ2v) is 8.61. The fourth-order valence-electron chi connectivity index (χ4n) is 2.40. The number of hydrogen-bond acceptors (Lipinski definition) is 5. The van der Waals surface area contributed by atoms with Gasteiger partial charge in [-0.2, -0.15) is 0 Å². The highest BCUT2D eigenvalue weighted by Gasteiger charge is 2.25. The van der Waals surface area contributed by atoms with Crippen molar-refractivity contribution in [2.45, 2.75) is 31.7 Å². The van der Waals surface area contributed by atoms with Crippen LogP contribution in [0.15, 0.2) is 26.7 Å². The summed E-state index contributed by atoms with van der Waals surface area (Å²) in [6.45, 7) is 5.59. The Morgan fingerprint density at radius 3 is 2.35 bits per heavy atom. The van der Waals surface area contributed by atoms with Gasteiger partial charge in [-0.25, -0.2) is 17.9 Å². The zero-order valence-corrected chi connectivity index (χ0v) is 15.2. The first-order valence-corrected chi connectivity index (χ1v) is 9.20. The normalized spacial score (nSPS) is 13.3. The predicted octanol–water partition coefficient (Wildman–Crippen LogP) is 0.802. The van der Waals surface area contributed by atoms with E-state index in [1.807, 2.05) is 19.9 Å². The SMILES string of the molecule is Cc1cc(C(C)NS(=O)(=O)c2cn(C)c(=O)n(C)c2=O)c(C)s1. The minimum absolute atomic E-state index is 0.446. The molecule has 23 heavy (non-hydrogen) atoms. The quantitative estimate of drug-likeness (QED) is 0.876. The van der Waals surface area contributed by atoms with Crippen LogP contribution in [0.3, 0.4) is 0 Å². The molecule has 0 saturated heterocycles. The molecule has 126 valence electrons. The summed E-state index contributed by atoms with van der Waals surface area (Å²) >= 11 is 1.58. The summed E-state index contributed by atoms with van der Waals surface area (Å²) in [5.74, 6) is 0. The standard InChI is InChI=1S/C14H19N3O4S2/c1-8-6-11(10(3)22-8)9(2)15-23(20,21)12-7-16(4)14(19)17(5)13(12)18/h6-7,9,15H,1-5H3. The molecule has 2 heterocycles. The summed E-state index contributed by atoms with van der Waals surface area (Å²) in [5.41, 5.74) is -0.546. The van der Waals surface area contributed by atoms with E-state index in [9.17, 15) is 18.0 Å². The average Bonchev–Trinajstić information content (AvgIpc) is 2.78. The Morgan fingerprint density at radius 1 is 1.22 bits per heavy atom. The lowest BCUT2D eigenvalue weighted by atomic mass is 10.1. The van der Waals surface area contributed by atoms with E-state index in [-0.39, 0.29) is 0 Å². The maximum Gasteiger partial charge on any atom is 0.330 e. The summed E-state index contributed by atoms with van der Waals surface area (Å²) in [6.07, 6.45) is 1.05. The van der Waals surface area contributed by atoms with Gasteiger partial charge in [-0.05, 0) is 32.4 Å². The Labute approximate surface area is 138 Å². The van der Waals surface area contributed by atoms with Crippen molar-refractivity contribution in [3.63, 3.8) is 0 Å². The Balaban J connectivity index is 2.46. The summed E-state index contributed by atoms with van der Waals surface area (Å²) in [4.78, 5) is 25.4. The van der Waals surface area contributed by atoms with E-state index >= 15 is 0 Å². The summed E-state index contributed by atoms with van der Waals surface area (Å²) < 4.78 is 29.4. The molecule has 7 nitrogen and oxygen atoms in total. The summed E-state index contributed by atoms with van der Waals surface area (Å²) in [5, 5.41) is 0. The van der Waals surface area contributed by atoms with Crippen LogP contribution in [0.2, 0.25) is 0 Å². The zero-order valence-electron chi connectivity index (χ0n) is 13.6. The van der Waals surface area contributed by atoms with Crippen molar-refractivity contribution < 1.29 is 8.42 Å². The van der Waals surface area contributed by atoms with E-state index in [1.54, 1.807) is 18.3 Å². The molecule has 2 aromatic rings. The van der Waals surface area contributed by atoms with Crippen LogP contribution in [0.4, 0.5) is 0 Å². The molecule has 0 aliphatic heterocycles. The van der Waals surface area contributed by atoms with E-state index in [0.29, 0.717) is 0 Å². The summed E-state index contributed by atoms with van der Waals surface area (Å²) in [6, 6.07) is 1.44. The minimum atomic E-state index is -4.05. The second kappa shape index (κ2) is 6.06. The maximum atomic E-state index is 12.5. The van der Waals surface area contributed by atoms with Crippen molar-refractivity contribution in [2.75, 3.05) is 0 Å². The molecular formula is C14H19N3O4S2. The van der Waals surface area contributed by atoms with Crippen LogP contribution < -0.4 is 16.0 Å². The third-order valence-corrected chi connectivity index (χ3v) is 6.09. The lowest BCUT2D eigenvalue weighted by Gasteiger charge is -2.15. The van der Waals surface area contributed by atoms with Crippen LogP contribution in [0.25, 0.3) is 0 Å². The van der Waals surface area contributed by atoms with Gasteiger partial charge in [-0.1, -0.05) is 0 Å². The molecule has 0 aliphatic rings. The van der Waals surface area contributed by atoms with Gasteiger partial charge >= 0.3 is 5.69 Å². The molecule has 0 saturated carbocycles. The van der Waals surface area contributed by atoms with E-state index < -0.39 is 32.2 Å². The van der Waals surface area contributed by atoms with Crippen LogP contribution in [-0.4, -0.2) is 17.6 Å². The number of aromatic nitrogens is 2. The molecule has 1 unspecified atom stereocenters. The summed E-state index contributed by atoms with van der Waals surface area (Å²) in [7, 11) is -1.40. The highest BCUT2D eigenvalue weighted by atomic mass is 32.2. The van der Waals surface area contributed by atoms with Gasteiger partial charge in [0.2, 0.25) is 10.0 Å². The molecule has 9 heteroatoms. The minimum Gasteiger partial charge on any atom is -0.302 e. The molecule has 0 amide bonds. The fraction of sp³-hybridized carbons (Fsp3) is 0.429. The number of nitrogens with zero attached hydrogens (tertiary/aromatic N) is 2. The fourth-order valence-corrected chi connectivity index (χ4v) is 4.80. The molecule has 1 N–H and O–H groups in total. The van der Waals surface area contributed by atoms with Gasteiger partial charge in [0.1, 0.15) is 0 Å². The second-order valence-electron chi connectivity index (χ2n) is 5.46. The van der Waals surface area contributed by atoms with Crippen molar-refractivity contribution in [2.24, 2.45) is 14.1 Å². The van der Waals surface area contributed by atoms with Gasteiger partial charge in [0, 0.05) is 36.1 Å². The highest BCUT2D eigenvalue weighted by molar-refractivity contribution is 7.89. The predicted molar refractivity (Wildman–Crippen MR) is 89.5 cm³/mol. The highest BCUT2D eigenvalue weighted by Crippen LogP contribution is 2.26. The number of thiophene rings is 1. The number of nitrogens with one attached hydrogen (secondary N) is 1. The third kappa shape index (κ3) is 3.31. The molecule has 2 aromatic heterocycles. The lowest BCUT2D eigenvalue weighted by Crippen LogP contribution is -2.41. The van der Waals surface area contributed by atoms with E-state index in [4.69, 9.17) is 0 Å². The molecular weight excluding hydrogens is 338 g/mol. The molecule has 2 rings (SSSR count). The Hall–Kier alpha value is -1.71. The number of aryl methyl sites for hydroxylation is 3. The first kappa shape index (κ1) is 17.6. The van der Waals surface area contributed by atoms with Crippen molar-refractivity contribution in [1.29, 1.82) is 0 Å². The number of sulfonamides is 1. The molecule has 0 spiro atoms. The first-order chi connectivity index (χ1) is 10.5. The Bertz CT molecular complexity index is 967. The number of rotatable bonds is 4. The zero-order chi connectivity index (χ0) is 17.5. The molecule has 1 atom stereocenters. The van der Waals surface area contributed by atoms with Crippen LogP contribution >= 0.6 is 11.3 Å². The van der Waals surface area contributed by atoms with E-state index in [1.165, 1.54) is 14.1 Å². The first-order valence-electron chi connectivity index (χ1n) is 6.90. The van der Waals surface area contributed by atoms with Gasteiger partial charge in [0.15, 0.2) is 4.90 Å². The number of hydrogen-bond donors (Lipinski definition) is 1. The van der Waals surface area contributed by atoms with Gasteiger partial charge in [-0.15, -0.1) is 11.3 Å². The molecule has 0 fully saturated rings. The van der Waals surface area contributed by atoms with Crippen LogP contribution in [0, 0.1) is 13.8 Å². The topological polar surface area (TPSA) is 90.2 Å². The van der Waals surface area contributed by atoms with Crippen molar-refractivity contribution in [3.8, 4) is 0 Å². The molecule has 0 aliphatic carbocycles. The monoisotopic (exact) mass is 357 g/mol. The van der Waals surface area contributed by atoms with Crippen LogP contribution in [-0.2, 0) is 24.1 Å². The van der Waals surface area contributed by atoms with Gasteiger partial charge < -0.3 is 4.57 Å². The largest absolute Gasteiger partial charge is 0.330 e. The van der Waals surface area contributed by atoms with Gasteiger partial charge in [0.25, 0.3) is 5.56 Å².